The molecular formula is C17H15F2N5O2. The number of benzene rings is 2. The van der Waals surface area contributed by atoms with E-state index in [9.17, 15) is 13.6 Å². The first kappa shape index (κ1) is 17.5. The highest BCUT2D eigenvalue weighted by molar-refractivity contribution is 5.94. The van der Waals surface area contributed by atoms with Gasteiger partial charge in [0.2, 0.25) is 0 Å². The monoisotopic (exact) mass is 359 g/mol. The Morgan fingerprint density at radius 2 is 1.85 bits per heavy atom. The van der Waals surface area contributed by atoms with Crippen molar-refractivity contribution in [3.05, 3.63) is 66.0 Å². The van der Waals surface area contributed by atoms with Gasteiger partial charge in [-0.25, -0.2) is 4.68 Å². The van der Waals surface area contributed by atoms with Crippen molar-refractivity contribution in [2.24, 2.45) is 0 Å². The quantitative estimate of drug-likeness (QED) is 0.676. The zero-order valence-electron chi connectivity index (χ0n) is 13.8. The minimum Gasteiger partial charge on any atom is -0.435 e. The minimum absolute atomic E-state index is 0.0796. The summed E-state index contributed by atoms with van der Waals surface area (Å²) >= 11 is 0. The predicted octanol–water partition coefficient (Wildman–Crippen LogP) is 2.54. The van der Waals surface area contributed by atoms with Crippen LogP contribution in [-0.2, 0) is 6.54 Å². The molecule has 3 aromatic rings. The average Bonchev–Trinajstić information content (AvgIpc) is 3.17. The summed E-state index contributed by atoms with van der Waals surface area (Å²) in [6.07, 6.45) is 1.46. The van der Waals surface area contributed by atoms with Crippen molar-refractivity contribution in [1.29, 1.82) is 0 Å². The van der Waals surface area contributed by atoms with Crippen molar-refractivity contribution >= 4 is 5.91 Å². The average molecular weight is 359 g/mol. The van der Waals surface area contributed by atoms with Crippen LogP contribution in [0.1, 0.15) is 15.9 Å². The van der Waals surface area contributed by atoms with Crippen LogP contribution in [-0.4, -0.2) is 44.7 Å². The van der Waals surface area contributed by atoms with Gasteiger partial charge in [-0.15, -0.1) is 5.10 Å². The molecule has 26 heavy (non-hydrogen) atoms. The van der Waals surface area contributed by atoms with Crippen molar-refractivity contribution in [3.8, 4) is 11.4 Å². The number of tetrazole rings is 1. The van der Waals surface area contributed by atoms with E-state index in [1.165, 1.54) is 28.0 Å². The Labute approximate surface area is 147 Å². The molecule has 0 unspecified atom stereocenters. The number of hydrogen-bond donors (Lipinski definition) is 0. The third-order valence-corrected chi connectivity index (χ3v) is 3.64. The van der Waals surface area contributed by atoms with Crippen molar-refractivity contribution in [3.63, 3.8) is 0 Å². The number of halogens is 2. The lowest BCUT2D eigenvalue weighted by Gasteiger charge is -2.18. The molecule has 9 heteroatoms. The Morgan fingerprint density at radius 3 is 2.42 bits per heavy atom. The van der Waals surface area contributed by atoms with Crippen LogP contribution in [0.15, 0.2) is 54.9 Å². The third kappa shape index (κ3) is 4.18. The Hall–Kier alpha value is -3.36. The highest BCUT2D eigenvalue weighted by Gasteiger charge is 2.13. The Morgan fingerprint density at radius 1 is 1.15 bits per heavy atom. The van der Waals surface area contributed by atoms with Crippen LogP contribution in [0, 0.1) is 0 Å². The van der Waals surface area contributed by atoms with E-state index in [1.54, 1.807) is 43.4 Å². The lowest BCUT2D eigenvalue weighted by molar-refractivity contribution is -0.0498. The van der Waals surface area contributed by atoms with Crippen LogP contribution in [0.5, 0.6) is 5.75 Å². The molecule has 0 spiro atoms. The highest BCUT2D eigenvalue weighted by atomic mass is 19.3. The molecule has 0 aliphatic heterocycles. The molecule has 0 radical (unpaired) electrons. The summed E-state index contributed by atoms with van der Waals surface area (Å²) in [5.41, 5.74) is 2.05. The van der Waals surface area contributed by atoms with Gasteiger partial charge >= 0.3 is 6.61 Å². The second-order valence-electron chi connectivity index (χ2n) is 5.48. The second-order valence-corrected chi connectivity index (χ2v) is 5.48. The molecular weight excluding hydrogens is 344 g/mol. The van der Waals surface area contributed by atoms with E-state index in [-0.39, 0.29) is 11.7 Å². The molecule has 1 heterocycles. The zero-order valence-corrected chi connectivity index (χ0v) is 13.8. The molecule has 3 rings (SSSR count). The number of rotatable bonds is 6. The zero-order chi connectivity index (χ0) is 18.5. The van der Waals surface area contributed by atoms with Gasteiger partial charge in [0.25, 0.3) is 5.91 Å². The number of carbonyl (C=O) groups is 1. The number of aromatic nitrogens is 4. The van der Waals surface area contributed by atoms with E-state index >= 15 is 0 Å². The summed E-state index contributed by atoms with van der Waals surface area (Å²) in [7, 11) is 1.67. The maximum Gasteiger partial charge on any atom is 0.387 e. The lowest BCUT2D eigenvalue weighted by Crippen LogP contribution is -2.26. The molecule has 0 bridgehead atoms. The van der Waals surface area contributed by atoms with Crippen molar-refractivity contribution in [2.45, 2.75) is 13.2 Å². The molecule has 1 aromatic heterocycles. The number of alkyl halides is 2. The molecule has 1 amide bonds. The number of carbonyl (C=O) groups excluding carboxylic acids is 1. The summed E-state index contributed by atoms with van der Waals surface area (Å²) in [4.78, 5) is 14.1. The van der Waals surface area contributed by atoms with Gasteiger partial charge in [0.05, 0.1) is 5.69 Å². The van der Waals surface area contributed by atoms with E-state index < -0.39 is 6.61 Å². The normalized spacial score (nSPS) is 10.8. The van der Waals surface area contributed by atoms with Gasteiger partial charge in [-0.1, -0.05) is 12.1 Å². The van der Waals surface area contributed by atoms with Gasteiger partial charge in [0, 0.05) is 19.2 Å². The van der Waals surface area contributed by atoms with Crippen LogP contribution >= 0.6 is 0 Å². The lowest BCUT2D eigenvalue weighted by atomic mass is 10.1. The first-order valence-electron chi connectivity index (χ1n) is 7.65. The fraction of sp³-hybridized carbons (Fsp3) is 0.176. The van der Waals surface area contributed by atoms with Crippen molar-refractivity contribution < 1.29 is 18.3 Å². The standard InChI is InChI=1S/C17H15F2N5O2/c1-23(10-12-2-8-15(9-3-12)26-17(18)19)16(25)13-4-6-14(7-5-13)24-11-20-21-22-24/h2-9,11,17H,10H2,1H3. The maximum absolute atomic E-state index is 12.5. The molecule has 0 aliphatic carbocycles. The first-order chi connectivity index (χ1) is 12.5. The number of amides is 1. The highest BCUT2D eigenvalue weighted by Crippen LogP contribution is 2.17. The fourth-order valence-electron chi connectivity index (χ4n) is 2.38. The van der Waals surface area contributed by atoms with E-state index in [2.05, 4.69) is 20.3 Å². The van der Waals surface area contributed by atoms with Gasteiger partial charge in [-0.05, 0) is 52.4 Å². The predicted molar refractivity (Wildman–Crippen MR) is 88.0 cm³/mol. The summed E-state index contributed by atoms with van der Waals surface area (Å²) < 4.78 is 30.1. The van der Waals surface area contributed by atoms with Crippen LogP contribution < -0.4 is 4.74 Å². The van der Waals surface area contributed by atoms with E-state index in [1.807, 2.05) is 0 Å². The number of ether oxygens (including phenoxy) is 1. The van der Waals surface area contributed by atoms with Crippen LogP contribution in [0.25, 0.3) is 5.69 Å². The van der Waals surface area contributed by atoms with Gasteiger partial charge in [-0.2, -0.15) is 8.78 Å². The van der Waals surface area contributed by atoms with Gasteiger partial charge in [0.15, 0.2) is 0 Å². The Bertz CT molecular complexity index is 852. The SMILES string of the molecule is CN(Cc1ccc(OC(F)F)cc1)C(=O)c1ccc(-n2cnnn2)cc1. The first-order valence-corrected chi connectivity index (χ1v) is 7.65. The maximum atomic E-state index is 12.5. The second kappa shape index (κ2) is 7.68. The van der Waals surface area contributed by atoms with Gasteiger partial charge < -0.3 is 9.64 Å². The summed E-state index contributed by atoms with van der Waals surface area (Å²) in [6, 6.07) is 13.0. The molecule has 0 atom stereocenters. The Balaban J connectivity index is 1.64. The van der Waals surface area contributed by atoms with E-state index in [4.69, 9.17) is 0 Å². The Kier molecular flexibility index (Phi) is 5.16. The largest absolute Gasteiger partial charge is 0.435 e. The molecule has 0 fully saturated rings. The smallest absolute Gasteiger partial charge is 0.387 e. The van der Waals surface area contributed by atoms with Gasteiger partial charge in [0.1, 0.15) is 12.1 Å². The molecule has 7 nitrogen and oxygen atoms in total. The molecule has 0 N–H and O–H groups in total. The molecule has 2 aromatic carbocycles. The number of hydrogen-bond acceptors (Lipinski definition) is 5. The molecule has 134 valence electrons. The minimum atomic E-state index is -2.86. The van der Waals surface area contributed by atoms with E-state index in [0.29, 0.717) is 12.1 Å². The fourth-order valence-corrected chi connectivity index (χ4v) is 2.38. The summed E-state index contributed by atoms with van der Waals surface area (Å²) in [6.45, 7) is -2.52. The van der Waals surface area contributed by atoms with Crippen molar-refractivity contribution in [2.75, 3.05) is 7.05 Å². The topological polar surface area (TPSA) is 73.1 Å². The van der Waals surface area contributed by atoms with E-state index in [0.717, 1.165) is 11.3 Å². The van der Waals surface area contributed by atoms with Crippen LogP contribution in [0.2, 0.25) is 0 Å². The molecule has 0 aliphatic rings. The van der Waals surface area contributed by atoms with Crippen molar-refractivity contribution in [1.82, 2.24) is 25.1 Å². The number of nitrogens with zero attached hydrogens (tertiary/aromatic N) is 5. The molecule has 0 saturated carbocycles. The van der Waals surface area contributed by atoms with Crippen LogP contribution in [0.3, 0.4) is 0 Å². The van der Waals surface area contributed by atoms with Gasteiger partial charge in [-0.3, -0.25) is 4.79 Å². The summed E-state index contributed by atoms with van der Waals surface area (Å²) in [5.74, 6) is -0.0860. The third-order valence-electron chi connectivity index (χ3n) is 3.64. The summed E-state index contributed by atoms with van der Waals surface area (Å²) in [5, 5.41) is 10.9. The molecule has 0 saturated heterocycles. The van der Waals surface area contributed by atoms with Crippen LogP contribution in [0.4, 0.5) is 8.78 Å².